The summed E-state index contributed by atoms with van der Waals surface area (Å²) in [6.45, 7) is 0.0630. The number of halogens is 4. The van der Waals surface area contributed by atoms with Crippen molar-refractivity contribution < 1.29 is 13.2 Å². The summed E-state index contributed by atoms with van der Waals surface area (Å²) in [6.07, 6.45) is -2.69. The van der Waals surface area contributed by atoms with E-state index in [1.165, 1.54) is 0 Å². The van der Waals surface area contributed by atoms with E-state index in [1.54, 1.807) is 0 Å². The second kappa shape index (κ2) is 4.48. The van der Waals surface area contributed by atoms with Crippen molar-refractivity contribution in [2.75, 3.05) is 0 Å². The molecule has 7 heteroatoms. The summed E-state index contributed by atoms with van der Waals surface area (Å²) in [7, 11) is 0. The van der Waals surface area contributed by atoms with Crippen molar-refractivity contribution in [3.8, 4) is 0 Å². The van der Waals surface area contributed by atoms with Crippen molar-refractivity contribution in [2.24, 2.45) is 10.7 Å². The zero-order valence-electron chi connectivity index (χ0n) is 7.42. The first-order chi connectivity index (χ1) is 6.95. The van der Waals surface area contributed by atoms with Gasteiger partial charge in [-0.3, -0.25) is 9.98 Å². The van der Waals surface area contributed by atoms with Crippen molar-refractivity contribution in [3.63, 3.8) is 0 Å². The van der Waals surface area contributed by atoms with E-state index in [1.807, 2.05) is 0 Å². The minimum absolute atomic E-state index is 0.0630. The van der Waals surface area contributed by atoms with Gasteiger partial charge in [0.2, 0.25) is 0 Å². The highest BCUT2D eigenvalue weighted by Crippen LogP contribution is 2.31. The van der Waals surface area contributed by atoms with E-state index in [2.05, 4.69) is 9.98 Å². The molecule has 2 N–H and O–H groups in total. The van der Waals surface area contributed by atoms with Gasteiger partial charge in [0.25, 0.3) is 0 Å². The van der Waals surface area contributed by atoms with Gasteiger partial charge in [0.1, 0.15) is 0 Å². The number of nitrogens with zero attached hydrogens (tertiary/aromatic N) is 2. The summed E-state index contributed by atoms with van der Waals surface area (Å²) in [4.78, 5) is 7.18. The zero-order chi connectivity index (χ0) is 11.5. The van der Waals surface area contributed by atoms with Gasteiger partial charge in [-0.05, 0) is 6.07 Å². The lowest BCUT2D eigenvalue weighted by atomic mass is 10.2. The Bertz CT molecular complexity index is 376. The van der Waals surface area contributed by atoms with Crippen LogP contribution in [0.25, 0.3) is 0 Å². The van der Waals surface area contributed by atoms with Crippen LogP contribution in [0.5, 0.6) is 0 Å². The topological polar surface area (TPSA) is 51.3 Å². The zero-order valence-corrected chi connectivity index (χ0v) is 8.18. The number of hydrogen-bond donors (Lipinski definition) is 1. The molecule has 82 valence electrons. The molecule has 0 amide bonds. The van der Waals surface area contributed by atoms with E-state index in [-0.39, 0.29) is 17.3 Å². The van der Waals surface area contributed by atoms with E-state index in [4.69, 9.17) is 17.3 Å². The number of nitrogens with two attached hydrogens (primary N) is 1. The molecule has 0 saturated heterocycles. The summed E-state index contributed by atoms with van der Waals surface area (Å²) >= 11 is 5.59. The van der Waals surface area contributed by atoms with Gasteiger partial charge < -0.3 is 5.73 Å². The smallest absolute Gasteiger partial charge is 0.390 e. The third-order valence-corrected chi connectivity index (χ3v) is 1.92. The van der Waals surface area contributed by atoms with Gasteiger partial charge in [-0.15, -0.1) is 0 Å². The average molecular weight is 238 g/mol. The van der Waals surface area contributed by atoms with Crippen LogP contribution < -0.4 is 5.73 Å². The standard InChI is InChI=1S/C8H7ClF3N3/c9-6-1-5(8(10,11)12)2-15-7(6)3-14-4-13/h1-2,4H,3H2,(H2,13,14). The quantitative estimate of drug-likeness (QED) is 0.634. The fourth-order valence-electron chi connectivity index (χ4n) is 0.877. The largest absolute Gasteiger partial charge is 0.417 e. The van der Waals surface area contributed by atoms with Crippen LogP contribution >= 0.6 is 11.6 Å². The molecular formula is C8H7ClF3N3. The number of aliphatic imine (C=N–C) groups is 1. The number of aromatic nitrogens is 1. The average Bonchev–Trinajstić information content (AvgIpc) is 2.14. The second-order valence-corrected chi connectivity index (χ2v) is 3.05. The molecule has 0 saturated carbocycles. The van der Waals surface area contributed by atoms with E-state index in [9.17, 15) is 13.2 Å². The Hall–Kier alpha value is -1.30. The van der Waals surface area contributed by atoms with Crippen LogP contribution in [-0.2, 0) is 12.7 Å². The number of rotatable bonds is 2. The Balaban J connectivity index is 2.98. The van der Waals surface area contributed by atoms with Crippen LogP contribution in [-0.4, -0.2) is 11.3 Å². The maximum atomic E-state index is 12.2. The van der Waals surface area contributed by atoms with Crippen LogP contribution in [0.4, 0.5) is 13.2 Å². The molecule has 3 nitrogen and oxygen atoms in total. The van der Waals surface area contributed by atoms with Crippen molar-refractivity contribution in [3.05, 3.63) is 28.5 Å². The van der Waals surface area contributed by atoms with E-state index >= 15 is 0 Å². The molecule has 0 atom stereocenters. The number of alkyl halides is 3. The van der Waals surface area contributed by atoms with Gasteiger partial charge in [0.05, 0.1) is 29.2 Å². The van der Waals surface area contributed by atoms with Crippen LogP contribution in [0.1, 0.15) is 11.3 Å². The van der Waals surface area contributed by atoms with Crippen LogP contribution in [0.3, 0.4) is 0 Å². The van der Waals surface area contributed by atoms with E-state index in [0.717, 1.165) is 12.4 Å². The lowest BCUT2D eigenvalue weighted by molar-refractivity contribution is -0.137. The van der Waals surface area contributed by atoms with Crippen molar-refractivity contribution in [1.82, 2.24) is 4.98 Å². The maximum Gasteiger partial charge on any atom is 0.417 e. The first kappa shape index (κ1) is 11.8. The van der Waals surface area contributed by atoms with Gasteiger partial charge >= 0.3 is 6.18 Å². The van der Waals surface area contributed by atoms with E-state index in [0.29, 0.717) is 6.20 Å². The van der Waals surface area contributed by atoms with Gasteiger partial charge in [0.15, 0.2) is 0 Å². The minimum atomic E-state index is -4.44. The van der Waals surface area contributed by atoms with Gasteiger partial charge in [0, 0.05) is 6.20 Å². The molecule has 0 aliphatic carbocycles. The third-order valence-electron chi connectivity index (χ3n) is 1.59. The maximum absolute atomic E-state index is 12.2. The van der Waals surface area contributed by atoms with Crippen LogP contribution in [0, 0.1) is 0 Å². The Kier molecular flexibility index (Phi) is 3.52. The highest BCUT2D eigenvalue weighted by atomic mass is 35.5. The number of hydrogen-bond acceptors (Lipinski definition) is 2. The molecule has 0 radical (unpaired) electrons. The predicted molar refractivity (Wildman–Crippen MR) is 50.6 cm³/mol. The molecule has 0 spiro atoms. The second-order valence-electron chi connectivity index (χ2n) is 2.64. The summed E-state index contributed by atoms with van der Waals surface area (Å²) in [6, 6.07) is 0.815. The molecule has 0 aliphatic heterocycles. The Morgan fingerprint density at radius 2 is 2.20 bits per heavy atom. The summed E-state index contributed by atoms with van der Waals surface area (Å²) in [5, 5.41) is -0.0737. The Morgan fingerprint density at radius 1 is 1.53 bits per heavy atom. The molecule has 0 aliphatic rings. The molecule has 0 fully saturated rings. The molecular weight excluding hydrogens is 231 g/mol. The van der Waals surface area contributed by atoms with Gasteiger partial charge in [-0.2, -0.15) is 13.2 Å². The molecule has 0 aromatic carbocycles. The summed E-state index contributed by atoms with van der Waals surface area (Å²) < 4.78 is 36.6. The van der Waals surface area contributed by atoms with Gasteiger partial charge in [-0.1, -0.05) is 11.6 Å². The molecule has 15 heavy (non-hydrogen) atoms. The Labute approximate surface area is 88.8 Å². The van der Waals surface area contributed by atoms with Crippen molar-refractivity contribution in [1.29, 1.82) is 0 Å². The van der Waals surface area contributed by atoms with Crippen LogP contribution in [0.2, 0.25) is 5.02 Å². The minimum Gasteiger partial charge on any atom is -0.390 e. The normalized spacial score (nSPS) is 12.3. The first-order valence-electron chi connectivity index (χ1n) is 3.87. The lowest BCUT2D eigenvalue weighted by Crippen LogP contribution is -2.06. The predicted octanol–water partition coefficient (Wildman–Crippen LogP) is 2.24. The monoisotopic (exact) mass is 237 g/mol. The number of pyridine rings is 1. The molecule has 1 aromatic rings. The first-order valence-corrected chi connectivity index (χ1v) is 4.24. The van der Waals surface area contributed by atoms with Crippen LogP contribution in [0.15, 0.2) is 17.3 Å². The molecule has 0 bridgehead atoms. The van der Waals surface area contributed by atoms with E-state index < -0.39 is 11.7 Å². The molecule has 1 heterocycles. The van der Waals surface area contributed by atoms with Gasteiger partial charge in [-0.25, -0.2) is 0 Å². The third kappa shape index (κ3) is 3.09. The highest BCUT2D eigenvalue weighted by Gasteiger charge is 2.31. The summed E-state index contributed by atoms with van der Waals surface area (Å²) in [5.41, 5.74) is 4.36. The fourth-order valence-corrected chi connectivity index (χ4v) is 1.10. The Morgan fingerprint density at radius 3 is 2.67 bits per heavy atom. The fraction of sp³-hybridized carbons (Fsp3) is 0.250. The molecule has 1 aromatic heterocycles. The lowest BCUT2D eigenvalue weighted by Gasteiger charge is -2.07. The SMILES string of the molecule is NC=NCc1ncc(C(F)(F)F)cc1Cl. The van der Waals surface area contributed by atoms with Crippen molar-refractivity contribution >= 4 is 17.9 Å². The van der Waals surface area contributed by atoms with Crippen molar-refractivity contribution in [2.45, 2.75) is 12.7 Å². The highest BCUT2D eigenvalue weighted by molar-refractivity contribution is 6.31. The molecule has 1 rings (SSSR count). The molecule has 0 unspecified atom stereocenters. The summed E-state index contributed by atoms with van der Waals surface area (Å²) in [5.74, 6) is 0.